The van der Waals surface area contributed by atoms with Crippen molar-refractivity contribution in [1.82, 2.24) is 9.97 Å². The third-order valence-corrected chi connectivity index (χ3v) is 2.58. The van der Waals surface area contributed by atoms with Crippen LogP contribution < -0.4 is 10.1 Å². The summed E-state index contributed by atoms with van der Waals surface area (Å²) in [5.74, 6) is 0.208. The number of benzene rings is 1. The predicted molar refractivity (Wildman–Crippen MR) is 79.2 cm³/mol. The van der Waals surface area contributed by atoms with E-state index in [4.69, 9.17) is 4.74 Å². The summed E-state index contributed by atoms with van der Waals surface area (Å²) in [6, 6.07) is 9.67. The Balaban J connectivity index is 2.05. The zero-order valence-corrected chi connectivity index (χ0v) is 11.4. The summed E-state index contributed by atoms with van der Waals surface area (Å²) >= 11 is 0. The molecule has 1 N–H and O–H groups in total. The van der Waals surface area contributed by atoms with E-state index in [1.54, 1.807) is 13.1 Å². The maximum atomic E-state index is 10.9. The van der Waals surface area contributed by atoms with Crippen LogP contribution in [0.4, 0.5) is 11.6 Å². The maximum Gasteiger partial charge on any atom is 0.349 e. The van der Waals surface area contributed by atoms with Crippen molar-refractivity contribution in [2.75, 3.05) is 19.0 Å². The third kappa shape index (κ3) is 4.00. The summed E-state index contributed by atoms with van der Waals surface area (Å²) < 4.78 is 5.34. The summed E-state index contributed by atoms with van der Waals surface area (Å²) in [6.45, 7) is 0.176. The number of ether oxygens (including phenoxy) is 1. The van der Waals surface area contributed by atoms with E-state index in [0.717, 1.165) is 11.8 Å². The minimum Gasteiger partial charge on any atom is -0.468 e. The topological polar surface area (TPSA) is 90.2 Å². The highest BCUT2D eigenvalue weighted by molar-refractivity contribution is 5.49. The second-order valence-electron chi connectivity index (χ2n) is 4.02. The van der Waals surface area contributed by atoms with E-state index in [1.165, 1.54) is 0 Å². The number of nitro groups is 1. The van der Waals surface area contributed by atoms with Gasteiger partial charge in [0.2, 0.25) is 5.95 Å². The fourth-order valence-corrected chi connectivity index (χ4v) is 1.59. The van der Waals surface area contributed by atoms with Crippen molar-refractivity contribution in [2.24, 2.45) is 0 Å². The fraction of sp³-hybridized carbons (Fsp3) is 0.143. The Bertz CT molecular complexity index is 644. The largest absolute Gasteiger partial charge is 0.468 e. The van der Waals surface area contributed by atoms with E-state index in [2.05, 4.69) is 15.3 Å². The van der Waals surface area contributed by atoms with Gasteiger partial charge in [-0.05, 0) is 11.6 Å². The van der Waals surface area contributed by atoms with Gasteiger partial charge in [-0.25, -0.2) is 4.98 Å². The molecule has 0 aliphatic rings. The van der Waals surface area contributed by atoms with Crippen molar-refractivity contribution >= 4 is 17.7 Å². The first kappa shape index (κ1) is 14.4. The Kier molecular flexibility index (Phi) is 4.81. The van der Waals surface area contributed by atoms with Gasteiger partial charge in [0, 0.05) is 7.05 Å². The highest BCUT2D eigenvalue weighted by Crippen LogP contribution is 2.24. The molecule has 21 heavy (non-hydrogen) atoms. The Hall–Kier alpha value is -2.96. The molecule has 0 amide bonds. The number of hydrogen-bond acceptors (Lipinski definition) is 6. The molecule has 0 aliphatic heterocycles. The van der Waals surface area contributed by atoms with Crippen LogP contribution in [0.15, 0.2) is 42.6 Å². The molecular formula is C14H14N4O3. The van der Waals surface area contributed by atoms with Crippen molar-refractivity contribution in [1.29, 1.82) is 0 Å². The molecule has 0 radical (unpaired) electrons. The first-order chi connectivity index (χ1) is 10.2. The van der Waals surface area contributed by atoms with Gasteiger partial charge in [-0.15, -0.1) is 0 Å². The smallest absolute Gasteiger partial charge is 0.349 e. The Morgan fingerprint density at radius 3 is 2.81 bits per heavy atom. The number of anilines is 1. The van der Waals surface area contributed by atoms with Gasteiger partial charge in [-0.1, -0.05) is 36.4 Å². The summed E-state index contributed by atoms with van der Waals surface area (Å²) in [7, 11) is 1.63. The van der Waals surface area contributed by atoms with Crippen LogP contribution in [-0.4, -0.2) is 28.5 Å². The Morgan fingerprint density at radius 2 is 2.14 bits per heavy atom. The molecule has 0 fully saturated rings. The third-order valence-electron chi connectivity index (χ3n) is 2.58. The molecule has 0 atom stereocenters. The highest BCUT2D eigenvalue weighted by atomic mass is 16.6. The normalized spacial score (nSPS) is 10.5. The quantitative estimate of drug-likeness (QED) is 0.648. The van der Waals surface area contributed by atoms with Gasteiger partial charge in [-0.2, -0.15) is 4.98 Å². The van der Waals surface area contributed by atoms with Crippen LogP contribution in [0.1, 0.15) is 5.56 Å². The molecule has 108 valence electrons. The van der Waals surface area contributed by atoms with E-state index >= 15 is 0 Å². The summed E-state index contributed by atoms with van der Waals surface area (Å²) in [5.41, 5.74) is 0.760. The lowest BCUT2D eigenvalue weighted by Crippen LogP contribution is -2.04. The molecule has 2 rings (SSSR count). The molecule has 1 heterocycles. The van der Waals surface area contributed by atoms with E-state index < -0.39 is 4.92 Å². The number of rotatable bonds is 6. The number of hydrogen-bond donors (Lipinski definition) is 1. The van der Waals surface area contributed by atoms with Crippen molar-refractivity contribution in [2.45, 2.75) is 0 Å². The SMILES string of the molecule is CNc1ncc([N+](=O)[O-])c(OC/C=C/c2ccccc2)n1. The van der Waals surface area contributed by atoms with Gasteiger partial charge < -0.3 is 10.1 Å². The van der Waals surface area contributed by atoms with Crippen molar-refractivity contribution in [3.8, 4) is 5.88 Å². The number of nitrogens with one attached hydrogen (secondary N) is 1. The van der Waals surface area contributed by atoms with E-state index in [0.29, 0.717) is 0 Å². The highest BCUT2D eigenvalue weighted by Gasteiger charge is 2.18. The summed E-state index contributed by atoms with van der Waals surface area (Å²) in [6.07, 6.45) is 4.75. The molecule has 1 aromatic heterocycles. The van der Waals surface area contributed by atoms with Gasteiger partial charge >= 0.3 is 5.69 Å². The van der Waals surface area contributed by atoms with Gasteiger partial charge in [-0.3, -0.25) is 10.1 Å². The van der Waals surface area contributed by atoms with E-state index in [9.17, 15) is 10.1 Å². The molecule has 7 heteroatoms. The van der Waals surface area contributed by atoms with Gasteiger partial charge in [0.05, 0.1) is 4.92 Å². The van der Waals surface area contributed by atoms with Crippen LogP contribution in [0.25, 0.3) is 6.08 Å². The molecule has 0 bridgehead atoms. The lowest BCUT2D eigenvalue weighted by atomic mass is 10.2. The standard InChI is InChI=1S/C14H14N4O3/c1-15-14-16-10-12(18(19)20)13(17-14)21-9-5-8-11-6-3-2-4-7-11/h2-8,10H,9H2,1H3,(H,15,16,17)/b8-5+. The Labute approximate surface area is 121 Å². The Morgan fingerprint density at radius 1 is 1.38 bits per heavy atom. The molecule has 0 aliphatic carbocycles. The minimum absolute atomic E-state index is 0.0583. The predicted octanol–water partition coefficient (Wildman–Crippen LogP) is 2.52. The first-order valence-electron chi connectivity index (χ1n) is 6.24. The van der Waals surface area contributed by atoms with Crippen LogP contribution in [0.3, 0.4) is 0 Å². The molecule has 0 unspecified atom stereocenters. The van der Waals surface area contributed by atoms with Crippen LogP contribution in [0.2, 0.25) is 0 Å². The lowest BCUT2D eigenvalue weighted by Gasteiger charge is -2.04. The average molecular weight is 286 g/mol. The molecule has 7 nitrogen and oxygen atoms in total. The van der Waals surface area contributed by atoms with Crippen LogP contribution in [0.5, 0.6) is 5.88 Å². The zero-order valence-electron chi connectivity index (χ0n) is 11.4. The zero-order chi connectivity index (χ0) is 15.1. The van der Waals surface area contributed by atoms with Gasteiger partial charge in [0.1, 0.15) is 12.8 Å². The van der Waals surface area contributed by atoms with Crippen molar-refractivity contribution in [3.63, 3.8) is 0 Å². The molecule has 0 saturated carbocycles. The maximum absolute atomic E-state index is 10.9. The monoisotopic (exact) mass is 286 g/mol. The number of nitrogens with zero attached hydrogens (tertiary/aromatic N) is 3. The summed E-state index contributed by atoms with van der Waals surface area (Å²) in [4.78, 5) is 18.0. The minimum atomic E-state index is -0.574. The van der Waals surface area contributed by atoms with Crippen LogP contribution in [-0.2, 0) is 0 Å². The molecular weight excluding hydrogens is 272 g/mol. The van der Waals surface area contributed by atoms with Gasteiger partial charge in [0.25, 0.3) is 5.88 Å². The molecule has 0 saturated heterocycles. The van der Waals surface area contributed by atoms with Crippen LogP contribution >= 0.6 is 0 Å². The van der Waals surface area contributed by atoms with E-state index in [-0.39, 0.29) is 24.1 Å². The molecule has 1 aromatic carbocycles. The second kappa shape index (κ2) is 6.99. The summed E-state index contributed by atoms with van der Waals surface area (Å²) in [5, 5.41) is 13.6. The van der Waals surface area contributed by atoms with Crippen molar-refractivity contribution in [3.05, 3.63) is 58.3 Å². The second-order valence-corrected chi connectivity index (χ2v) is 4.02. The van der Waals surface area contributed by atoms with Crippen molar-refractivity contribution < 1.29 is 9.66 Å². The first-order valence-corrected chi connectivity index (χ1v) is 6.24. The fourth-order valence-electron chi connectivity index (χ4n) is 1.59. The molecule has 2 aromatic rings. The van der Waals surface area contributed by atoms with Gasteiger partial charge in [0.15, 0.2) is 0 Å². The van der Waals surface area contributed by atoms with E-state index in [1.807, 2.05) is 36.4 Å². The average Bonchev–Trinajstić information content (AvgIpc) is 2.52. The number of aromatic nitrogens is 2. The van der Waals surface area contributed by atoms with Crippen LogP contribution in [0, 0.1) is 10.1 Å². The lowest BCUT2D eigenvalue weighted by molar-refractivity contribution is -0.386. The molecule has 0 spiro atoms.